The molecule has 0 spiro atoms. The number of hydrogen-bond donors (Lipinski definition) is 2. The molecule has 0 radical (unpaired) electrons. The summed E-state index contributed by atoms with van der Waals surface area (Å²) in [5.74, 6) is -1.48. The number of hydrogen-bond acceptors (Lipinski definition) is 4. The van der Waals surface area contributed by atoms with Gasteiger partial charge in [0.15, 0.2) is 11.6 Å². The third kappa shape index (κ3) is 3.20. The zero-order chi connectivity index (χ0) is 12.1. The van der Waals surface area contributed by atoms with Crippen molar-refractivity contribution in [3.63, 3.8) is 0 Å². The summed E-state index contributed by atoms with van der Waals surface area (Å²) in [6.07, 6.45) is 0.553. The van der Waals surface area contributed by atoms with Crippen molar-refractivity contribution in [1.29, 1.82) is 0 Å². The Morgan fingerprint density at radius 2 is 2.31 bits per heavy atom. The zero-order valence-electron chi connectivity index (χ0n) is 8.94. The lowest BCUT2D eigenvalue weighted by Gasteiger charge is -2.11. The highest BCUT2D eigenvalue weighted by Crippen LogP contribution is 2.22. The van der Waals surface area contributed by atoms with Crippen LogP contribution >= 0.6 is 0 Å². The number of phenols is 1. The molecule has 0 aromatic heterocycles. The standard InChI is InChI=1S/C11H14FNO3/c1-16-11(15)5-3-9(13)7-2-4-10(14)8(12)6-7/h2,4,6,9,14H,3,5,13H2,1H3. The third-order valence-electron chi connectivity index (χ3n) is 2.29. The van der Waals surface area contributed by atoms with Gasteiger partial charge in [-0.2, -0.15) is 0 Å². The highest BCUT2D eigenvalue weighted by atomic mass is 19.1. The van der Waals surface area contributed by atoms with Gasteiger partial charge in [0.05, 0.1) is 7.11 Å². The van der Waals surface area contributed by atoms with Gasteiger partial charge in [-0.05, 0) is 24.1 Å². The Kier molecular flexibility index (Phi) is 4.25. The number of methoxy groups -OCH3 is 1. The van der Waals surface area contributed by atoms with E-state index in [9.17, 15) is 9.18 Å². The van der Waals surface area contributed by atoms with Crippen LogP contribution in [0.4, 0.5) is 4.39 Å². The Hall–Kier alpha value is -1.62. The minimum Gasteiger partial charge on any atom is -0.505 e. The number of esters is 1. The van der Waals surface area contributed by atoms with Crippen LogP contribution in [0.2, 0.25) is 0 Å². The third-order valence-corrected chi connectivity index (χ3v) is 2.29. The van der Waals surface area contributed by atoms with Crippen molar-refractivity contribution in [2.24, 2.45) is 5.73 Å². The molecule has 5 heteroatoms. The van der Waals surface area contributed by atoms with Gasteiger partial charge in [-0.25, -0.2) is 4.39 Å². The van der Waals surface area contributed by atoms with Crippen molar-refractivity contribution in [1.82, 2.24) is 0 Å². The smallest absolute Gasteiger partial charge is 0.305 e. The van der Waals surface area contributed by atoms with E-state index in [1.165, 1.54) is 19.2 Å². The van der Waals surface area contributed by atoms with Gasteiger partial charge in [0.25, 0.3) is 0 Å². The molecule has 1 rings (SSSR count). The molecule has 16 heavy (non-hydrogen) atoms. The zero-order valence-corrected chi connectivity index (χ0v) is 8.94. The van der Waals surface area contributed by atoms with E-state index in [0.29, 0.717) is 12.0 Å². The van der Waals surface area contributed by atoms with Crippen molar-refractivity contribution in [3.05, 3.63) is 29.6 Å². The van der Waals surface area contributed by atoms with Crippen molar-refractivity contribution in [2.45, 2.75) is 18.9 Å². The Bertz CT molecular complexity index is 381. The fourth-order valence-corrected chi connectivity index (χ4v) is 1.30. The molecule has 3 N–H and O–H groups in total. The van der Waals surface area contributed by atoms with E-state index in [4.69, 9.17) is 10.8 Å². The van der Waals surface area contributed by atoms with Crippen LogP contribution < -0.4 is 5.73 Å². The number of nitrogens with two attached hydrogens (primary N) is 1. The molecule has 0 aliphatic carbocycles. The highest BCUT2D eigenvalue weighted by molar-refractivity contribution is 5.69. The SMILES string of the molecule is COC(=O)CCC(N)c1ccc(O)c(F)c1. The lowest BCUT2D eigenvalue weighted by molar-refractivity contribution is -0.140. The number of phenolic OH excluding ortho intramolecular Hbond substituents is 1. The van der Waals surface area contributed by atoms with Crippen LogP contribution in [-0.4, -0.2) is 18.2 Å². The lowest BCUT2D eigenvalue weighted by Crippen LogP contribution is -2.13. The van der Waals surface area contributed by atoms with E-state index in [0.717, 1.165) is 6.07 Å². The number of carbonyl (C=O) groups is 1. The average Bonchev–Trinajstić information content (AvgIpc) is 2.29. The number of ether oxygens (including phenoxy) is 1. The molecule has 0 amide bonds. The predicted octanol–water partition coefficient (Wildman–Crippen LogP) is 1.48. The van der Waals surface area contributed by atoms with Gasteiger partial charge < -0.3 is 15.6 Å². The molecule has 88 valence electrons. The maximum absolute atomic E-state index is 13.0. The second kappa shape index (κ2) is 5.46. The van der Waals surface area contributed by atoms with Gasteiger partial charge in [-0.3, -0.25) is 4.79 Å². The first-order valence-corrected chi connectivity index (χ1v) is 4.85. The number of carbonyl (C=O) groups excluding carboxylic acids is 1. The topological polar surface area (TPSA) is 72.5 Å². The predicted molar refractivity (Wildman–Crippen MR) is 56.2 cm³/mol. The van der Waals surface area contributed by atoms with Crippen LogP contribution in [0.25, 0.3) is 0 Å². The summed E-state index contributed by atoms with van der Waals surface area (Å²) in [4.78, 5) is 10.9. The Labute approximate surface area is 92.8 Å². The van der Waals surface area contributed by atoms with Crippen LogP contribution in [0, 0.1) is 5.82 Å². The summed E-state index contributed by atoms with van der Waals surface area (Å²) >= 11 is 0. The van der Waals surface area contributed by atoms with E-state index in [2.05, 4.69) is 4.74 Å². The van der Waals surface area contributed by atoms with E-state index >= 15 is 0 Å². The van der Waals surface area contributed by atoms with Crippen LogP contribution in [0.1, 0.15) is 24.4 Å². The largest absolute Gasteiger partial charge is 0.505 e. The van der Waals surface area contributed by atoms with E-state index < -0.39 is 17.6 Å². The van der Waals surface area contributed by atoms with Gasteiger partial charge in [-0.1, -0.05) is 6.07 Å². The first-order chi connectivity index (χ1) is 7.54. The maximum atomic E-state index is 13.0. The second-order valence-corrected chi connectivity index (χ2v) is 3.43. The summed E-state index contributed by atoms with van der Waals surface area (Å²) in [5, 5.41) is 8.99. The molecule has 0 heterocycles. The molecule has 0 fully saturated rings. The number of halogens is 1. The quantitative estimate of drug-likeness (QED) is 0.764. The highest BCUT2D eigenvalue weighted by Gasteiger charge is 2.11. The Morgan fingerprint density at radius 3 is 2.88 bits per heavy atom. The van der Waals surface area contributed by atoms with Crippen molar-refractivity contribution < 1.29 is 19.0 Å². The summed E-state index contributed by atoms with van der Waals surface area (Å²) in [6, 6.07) is 3.48. The summed E-state index contributed by atoms with van der Waals surface area (Å²) in [6.45, 7) is 0. The molecule has 0 aliphatic heterocycles. The second-order valence-electron chi connectivity index (χ2n) is 3.43. The van der Waals surface area contributed by atoms with Gasteiger partial charge in [-0.15, -0.1) is 0 Å². The lowest BCUT2D eigenvalue weighted by atomic mass is 10.0. The number of benzene rings is 1. The molecule has 1 atom stereocenters. The number of aromatic hydroxyl groups is 1. The van der Waals surface area contributed by atoms with Gasteiger partial charge >= 0.3 is 5.97 Å². The summed E-state index contributed by atoms with van der Waals surface area (Å²) < 4.78 is 17.5. The molecule has 1 aromatic rings. The average molecular weight is 227 g/mol. The van der Waals surface area contributed by atoms with Gasteiger partial charge in [0, 0.05) is 12.5 Å². The molecule has 0 aliphatic rings. The van der Waals surface area contributed by atoms with E-state index in [-0.39, 0.29) is 12.4 Å². The van der Waals surface area contributed by atoms with Crippen molar-refractivity contribution >= 4 is 5.97 Å². The van der Waals surface area contributed by atoms with Crippen LogP contribution in [0.5, 0.6) is 5.75 Å². The van der Waals surface area contributed by atoms with E-state index in [1.807, 2.05) is 0 Å². The minimum absolute atomic E-state index is 0.181. The van der Waals surface area contributed by atoms with Gasteiger partial charge in [0.1, 0.15) is 0 Å². The first kappa shape index (κ1) is 12.4. The Balaban J connectivity index is 2.62. The molecule has 0 bridgehead atoms. The molecule has 0 saturated heterocycles. The normalized spacial score (nSPS) is 12.2. The molecule has 0 saturated carbocycles. The van der Waals surface area contributed by atoms with Crippen LogP contribution in [0.3, 0.4) is 0 Å². The minimum atomic E-state index is -0.717. The summed E-state index contributed by atoms with van der Waals surface area (Å²) in [5.41, 5.74) is 6.30. The van der Waals surface area contributed by atoms with Crippen LogP contribution in [0.15, 0.2) is 18.2 Å². The first-order valence-electron chi connectivity index (χ1n) is 4.85. The van der Waals surface area contributed by atoms with Gasteiger partial charge in [0.2, 0.25) is 0 Å². The van der Waals surface area contributed by atoms with Crippen LogP contribution in [-0.2, 0) is 9.53 Å². The molecule has 4 nitrogen and oxygen atoms in total. The molecule has 1 aromatic carbocycles. The maximum Gasteiger partial charge on any atom is 0.305 e. The fraction of sp³-hybridized carbons (Fsp3) is 0.364. The number of rotatable bonds is 4. The molecular formula is C11H14FNO3. The summed E-state index contributed by atoms with van der Waals surface area (Å²) in [7, 11) is 1.30. The Morgan fingerprint density at radius 1 is 1.62 bits per heavy atom. The fourth-order valence-electron chi connectivity index (χ4n) is 1.30. The monoisotopic (exact) mass is 227 g/mol. The molecule has 1 unspecified atom stereocenters. The van der Waals surface area contributed by atoms with E-state index in [1.54, 1.807) is 0 Å². The van der Waals surface area contributed by atoms with Crippen molar-refractivity contribution in [3.8, 4) is 5.75 Å². The van der Waals surface area contributed by atoms with Crippen molar-refractivity contribution in [2.75, 3.05) is 7.11 Å². The molecular weight excluding hydrogens is 213 g/mol.